The summed E-state index contributed by atoms with van der Waals surface area (Å²) in [5.41, 5.74) is 5.26. The van der Waals surface area contributed by atoms with Gasteiger partial charge in [0.15, 0.2) is 0 Å². The Balaban J connectivity index is 2.11. The molecule has 0 spiro atoms. The molecule has 0 radical (unpaired) electrons. The molecular formula is C19H26N2. The Kier molecular flexibility index (Phi) is 5.40. The van der Waals surface area contributed by atoms with Gasteiger partial charge in [0.2, 0.25) is 0 Å². The van der Waals surface area contributed by atoms with E-state index in [4.69, 9.17) is 0 Å². The zero-order valence-corrected chi connectivity index (χ0v) is 13.6. The highest BCUT2D eigenvalue weighted by molar-refractivity contribution is 5.53. The van der Waals surface area contributed by atoms with Crippen LogP contribution in [0, 0.1) is 6.92 Å². The second-order valence-corrected chi connectivity index (χ2v) is 5.68. The van der Waals surface area contributed by atoms with Crippen LogP contribution in [-0.2, 0) is 6.54 Å². The zero-order chi connectivity index (χ0) is 15.2. The SMILES string of the molecule is CCNc1cc([C@H](C)N(C)Cc2ccccc2)ccc1C. The molecule has 2 nitrogen and oxygen atoms in total. The average molecular weight is 282 g/mol. The molecule has 21 heavy (non-hydrogen) atoms. The molecule has 1 atom stereocenters. The maximum atomic E-state index is 3.44. The number of benzene rings is 2. The summed E-state index contributed by atoms with van der Waals surface area (Å²) in [4.78, 5) is 2.38. The van der Waals surface area contributed by atoms with E-state index in [1.807, 2.05) is 0 Å². The van der Waals surface area contributed by atoms with Crippen molar-refractivity contribution in [3.63, 3.8) is 0 Å². The Morgan fingerprint density at radius 2 is 1.81 bits per heavy atom. The highest BCUT2D eigenvalue weighted by Gasteiger charge is 2.13. The summed E-state index contributed by atoms with van der Waals surface area (Å²) >= 11 is 0. The number of nitrogens with one attached hydrogen (secondary N) is 1. The molecule has 2 aromatic carbocycles. The summed E-state index contributed by atoms with van der Waals surface area (Å²) in [5, 5.41) is 3.44. The summed E-state index contributed by atoms with van der Waals surface area (Å²) in [7, 11) is 2.18. The lowest BCUT2D eigenvalue weighted by Gasteiger charge is -2.26. The summed E-state index contributed by atoms with van der Waals surface area (Å²) in [6, 6.07) is 17.8. The third-order valence-electron chi connectivity index (χ3n) is 4.05. The van der Waals surface area contributed by atoms with E-state index in [9.17, 15) is 0 Å². The van der Waals surface area contributed by atoms with Crippen LogP contribution in [0.25, 0.3) is 0 Å². The number of hydrogen-bond acceptors (Lipinski definition) is 2. The quantitative estimate of drug-likeness (QED) is 0.831. The van der Waals surface area contributed by atoms with Crippen LogP contribution in [0.1, 0.15) is 36.6 Å². The van der Waals surface area contributed by atoms with E-state index in [0.717, 1.165) is 13.1 Å². The standard InChI is InChI=1S/C19H26N2/c1-5-20-19-13-18(12-11-15(19)2)16(3)21(4)14-17-9-7-6-8-10-17/h6-13,16,20H,5,14H2,1-4H3/t16-/m0/s1. The number of anilines is 1. The molecule has 0 aliphatic carbocycles. The summed E-state index contributed by atoms with van der Waals surface area (Å²) in [6.07, 6.45) is 0. The fourth-order valence-electron chi connectivity index (χ4n) is 2.54. The second-order valence-electron chi connectivity index (χ2n) is 5.68. The predicted molar refractivity (Wildman–Crippen MR) is 91.7 cm³/mol. The normalized spacial score (nSPS) is 12.4. The van der Waals surface area contributed by atoms with Gasteiger partial charge in [0, 0.05) is 24.8 Å². The third kappa shape index (κ3) is 4.08. The first-order chi connectivity index (χ1) is 10.1. The molecule has 0 aliphatic rings. The highest BCUT2D eigenvalue weighted by atomic mass is 15.1. The van der Waals surface area contributed by atoms with Crippen molar-refractivity contribution in [1.82, 2.24) is 4.90 Å². The third-order valence-corrected chi connectivity index (χ3v) is 4.05. The molecule has 1 N–H and O–H groups in total. The predicted octanol–water partition coefficient (Wildman–Crippen LogP) is 4.62. The van der Waals surface area contributed by atoms with Gasteiger partial charge in [-0.1, -0.05) is 42.5 Å². The van der Waals surface area contributed by atoms with Crippen molar-refractivity contribution in [2.24, 2.45) is 0 Å². The fraction of sp³-hybridized carbons (Fsp3) is 0.368. The number of nitrogens with zero attached hydrogens (tertiary/aromatic N) is 1. The zero-order valence-electron chi connectivity index (χ0n) is 13.6. The van der Waals surface area contributed by atoms with Crippen LogP contribution in [-0.4, -0.2) is 18.5 Å². The molecule has 0 saturated heterocycles. The lowest BCUT2D eigenvalue weighted by molar-refractivity contribution is 0.253. The molecule has 0 bridgehead atoms. The van der Waals surface area contributed by atoms with Crippen LogP contribution in [0.2, 0.25) is 0 Å². The van der Waals surface area contributed by atoms with Crippen LogP contribution >= 0.6 is 0 Å². The minimum Gasteiger partial charge on any atom is -0.385 e. The van der Waals surface area contributed by atoms with Crippen molar-refractivity contribution in [3.8, 4) is 0 Å². The minimum absolute atomic E-state index is 0.392. The molecule has 2 rings (SSSR count). The fourth-order valence-corrected chi connectivity index (χ4v) is 2.54. The topological polar surface area (TPSA) is 15.3 Å². The van der Waals surface area contributed by atoms with Gasteiger partial charge >= 0.3 is 0 Å². The molecule has 112 valence electrons. The molecule has 0 aliphatic heterocycles. The van der Waals surface area contributed by atoms with Gasteiger partial charge < -0.3 is 5.32 Å². The molecule has 0 saturated carbocycles. The van der Waals surface area contributed by atoms with E-state index in [1.54, 1.807) is 0 Å². The van der Waals surface area contributed by atoms with E-state index in [-0.39, 0.29) is 0 Å². The Bertz CT molecular complexity index is 563. The van der Waals surface area contributed by atoms with Gasteiger partial charge in [0.25, 0.3) is 0 Å². The molecule has 0 fully saturated rings. The largest absolute Gasteiger partial charge is 0.385 e. The molecule has 0 aromatic heterocycles. The van der Waals surface area contributed by atoms with E-state index in [2.05, 4.69) is 86.6 Å². The summed E-state index contributed by atoms with van der Waals surface area (Å²) in [6.45, 7) is 8.48. The molecular weight excluding hydrogens is 256 g/mol. The number of aryl methyl sites for hydroxylation is 1. The van der Waals surface area contributed by atoms with Gasteiger partial charge in [-0.05, 0) is 50.6 Å². The molecule has 0 heterocycles. The first-order valence-electron chi connectivity index (χ1n) is 7.70. The summed E-state index contributed by atoms with van der Waals surface area (Å²) < 4.78 is 0. The van der Waals surface area contributed by atoms with Crippen LogP contribution in [0.4, 0.5) is 5.69 Å². The first-order valence-corrected chi connectivity index (χ1v) is 7.70. The molecule has 2 heteroatoms. The lowest BCUT2D eigenvalue weighted by Crippen LogP contribution is -2.22. The molecule has 0 amide bonds. The van der Waals surface area contributed by atoms with Gasteiger partial charge in [-0.25, -0.2) is 0 Å². The van der Waals surface area contributed by atoms with E-state index in [0.29, 0.717) is 6.04 Å². The van der Waals surface area contributed by atoms with Gasteiger partial charge in [-0.3, -0.25) is 4.90 Å². The molecule has 2 aromatic rings. The van der Waals surface area contributed by atoms with E-state index in [1.165, 1.54) is 22.4 Å². The van der Waals surface area contributed by atoms with Crippen LogP contribution < -0.4 is 5.32 Å². The molecule has 0 unspecified atom stereocenters. The van der Waals surface area contributed by atoms with E-state index < -0.39 is 0 Å². The van der Waals surface area contributed by atoms with Crippen LogP contribution in [0.5, 0.6) is 0 Å². The smallest absolute Gasteiger partial charge is 0.0373 e. The van der Waals surface area contributed by atoms with Gasteiger partial charge in [0.1, 0.15) is 0 Å². The van der Waals surface area contributed by atoms with Crippen molar-refractivity contribution in [1.29, 1.82) is 0 Å². The summed E-state index contributed by atoms with van der Waals surface area (Å²) in [5.74, 6) is 0. The first kappa shape index (κ1) is 15.6. The Morgan fingerprint density at radius 3 is 2.48 bits per heavy atom. The van der Waals surface area contributed by atoms with Crippen molar-refractivity contribution in [2.75, 3.05) is 18.9 Å². The maximum absolute atomic E-state index is 3.44. The van der Waals surface area contributed by atoms with Crippen LogP contribution in [0.3, 0.4) is 0 Å². The Morgan fingerprint density at radius 1 is 1.10 bits per heavy atom. The highest BCUT2D eigenvalue weighted by Crippen LogP contribution is 2.25. The van der Waals surface area contributed by atoms with Crippen molar-refractivity contribution in [2.45, 2.75) is 33.4 Å². The van der Waals surface area contributed by atoms with Crippen molar-refractivity contribution < 1.29 is 0 Å². The maximum Gasteiger partial charge on any atom is 0.0373 e. The van der Waals surface area contributed by atoms with Gasteiger partial charge in [-0.2, -0.15) is 0 Å². The lowest BCUT2D eigenvalue weighted by atomic mass is 10.0. The van der Waals surface area contributed by atoms with Gasteiger partial charge in [-0.15, -0.1) is 0 Å². The van der Waals surface area contributed by atoms with E-state index >= 15 is 0 Å². The number of hydrogen-bond donors (Lipinski definition) is 1. The Labute approximate surface area is 128 Å². The minimum atomic E-state index is 0.392. The number of rotatable bonds is 6. The average Bonchev–Trinajstić information content (AvgIpc) is 2.50. The van der Waals surface area contributed by atoms with Crippen LogP contribution in [0.15, 0.2) is 48.5 Å². The monoisotopic (exact) mass is 282 g/mol. The van der Waals surface area contributed by atoms with Gasteiger partial charge in [0.05, 0.1) is 0 Å². The Hall–Kier alpha value is -1.80. The van der Waals surface area contributed by atoms with Crippen molar-refractivity contribution >= 4 is 5.69 Å². The van der Waals surface area contributed by atoms with Crippen molar-refractivity contribution in [3.05, 3.63) is 65.2 Å². The second kappa shape index (κ2) is 7.28.